The molecule has 5 atom stereocenters. The number of benzene rings is 1. The highest BCUT2D eigenvalue weighted by Crippen LogP contribution is 2.35. The second-order valence-corrected chi connectivity index (χ2v) is 6.35. The van der Waals surface area contributed by atoms with Gasteiger partial charge in [0.1, 0.15) is 0 Å². The van der Waals surface area contributed by atoms with Crippen LogP contribution in [0.4, 0.5) is 0 Å². The van der Waals surface area contributed by atoms with Crippen LogP contribution in [0, 0.1) is 5.92 Å². The molecule has 4 nitrogen and oxygen atoms in total. The van der Waals surface area contributed by atoms with Crippen molar-refractivity contribution in [2.75, 3.05) is 0 Å². The highest BCUT2D eigenvalue weighted by atomic mass is 16.3. The molecule has 2 bridgehead atoms. The summed E-state index contributed by atoms with van der Waals surface area (Å²) in [6, 6.07) is 8.62. The molecule has 2 heterocycles. The number of aliphatic hydroxyl groups excluding tert-OH is 1. The maximum atomic E-state index is 12.5. The van der Waals surface area contributed by atoms with Gasteiger partial charge in [0.2, 0.25) is 5.91 Å². The van der Waals surface area contributed by atoms with Crippen LogP contribution in [-0.4, -0.2) is 29.2 Å². The molecule has 1 aromatic rings. The van der Waals surface area contributed by atoms with Crippen molar-refractivity contribution in [1.29, 1.82) is 0 Å². The number of fused-ring (bicyclic) bond motifs is 3. The third kappa shape index (κ3) is 1.86. The van der Waals surface area contributed by atoms with E-state index in [4.69, 9.17) is 0 Å². The lowest BCUT2D eigenvalue weighted by molar-refractivity contribution is -0.127. The number of carbonyl (C=O) groups is 1. The Balaban J connectivity index is 1.50. The van der Waals surface area contributed by atoms with Gasteiger partial charge in [-0.05, 0) is 30.4 Å². The van der Waals surface area contributed by atoms with Gasteiger partial charge in [0.25, 0.3) is 0 Å². The third-order valence-corrected chi connectivity index (χ3v) is 5.14. The lowest BCUT2D eigenvalue weighted by Crippen LogP contribution is -2.41. The van der Waals surface area contributed by atoms with Crippen molar-refractivity contribution in [3.05, 3.63) is 35.4 Å². The van der Waals surface area contributed by atoms with E-state index in [2.05, 4.69) is 10.6 Å². The normalized spacial score (nSPS) is 38.0. The van der Waals surface area contributed by atoms with E-state index in [1.54, 1.807) is 0 Å². The number of amides is 1. The Hall–Kier alpha value is -1.39. The molecule has 0 radical (unpaired) electrons. The van der Waals surface area contributed by atoms with E-state index in [1.165, 1.54) is 6.42 Å². The largest absolute Gasteiger partial charge is 0.390 e. The predicted octanol–water partition coefficient (Wildman–Crippen LogP) is 0.901. The zero-order chi connectivity index (χ0) is 13.7. The third-order valence-electron chi connectivity index (χ3n) is 5.14. The first-order valence-corrected chi connectivity index (χ1v) is 7.54. The Morgan fingerprint density at radius 1 is 1.30 bits per heavy atom. The first-order valence-electron chi connectivity index (χ1n) is 7.54. The zero-order valence-corrected chi connectivity index (χ0v) is 11.4. The number of hydrogen-bond acceptors (Lipinski definition) is 3. The van der Waals surface area contributed by atoms with Gasteiger partial charge in [0, 0.05) is 18.5 Å². The Kier molecular flexibility index (Phi) is 2.82. The molecule has 0 aromatic heterocycles. The van der Waals surface area contributed by atoms with Crippen molar-refractivity contribution in [2.24, 2.45) is 5.92 Å². The van der Waals surface area contributed by atoms with Gasteiger partial charge in [0.15, 0.2) is 0 Å². The van der Waals surface area contributed by atoms with Gasteiger partial charge in [-0.2, -0.15) is 0 Å². The van der Waals surface area contributed by atoms with Crippen LogP contribution in [0.15, 0.2) is 24.3 Å². The topological polar surface area (TPSA) is 61.4 Å². The van der Waals surface area contributed by atoms with Crippen molar-refractivity contribution in [2.45, 2.75) is 49.9 Å². The Morgan fingerprint density at radius 3 is 2.90 bits per heavy atom. The van der Waals surface area contributed by atoms with Crippen LogP contribution in [0.1, 0.15) is 36.4 Å². The molecule has 1 aromatic carbocycles. The second kappa shape index (κ2) is 4.57. The minimum Gasteiger partial charge on any atom is -0.390 e. The summed E-state index contributed by atoms with van der Waals surface area (Å²) in [7, 11) is 0. The Labute approximate surface area is 118 Å². The van der Waals surface area contributed by atoms with E-state index in [1.807, 2.05) is 24.3 Å². The van der Waals surface area contributed by atoms with Crippen LogP contribution in [-0.2, 0) is 11.2 Å². The average Bonchev–Trinajstić information content (AvgIpc) is 3.14. The fraction of sp³-hybridized carbons (Fsp3) is 0.562. The minimum atomic E-state index is -0.497. The van der Waals surface area contributed by atoms with Gasteiger partial charge >= 0.3 is 0 Å². The molecule has 4 heteroatoms. The molecule has 2 aliphatic heterocycles. The van der Waals surface area contributed by atoms with E-state index in [0.29, 0.717) is 18.5 Å². The summed E-state index contributed by atoms with van der Waals surface area (Å²) < 4.78 is 0. The SMILES string of the molecule is O=C(N[C@@H]1c2ccccc2C[C@@H]1O)C1CC2CCC1N2. The van der Waals surface area contributed by atoms with Crippen LogP contribution in [0.3, 0.4) is 0 Å². The summed E-state index contributed by atoms with van der Waals surface area (Å²) in [6.07, 6.45) is 3.38. The number of carbonyl (C=O) groups excluding carboxylic acids is 1. The zero-order valence-electron chi connectivity index (χ0n) is 11.4. The number of aliphatic hydroxyl groups is 1. The molecule has 2 fully saturated rings. The first-order chi connectivity index (χ1) is 9.72. The molecule has 1 aliphatic carbocycles. The molecule has 2 saturated heterocycles. The van der Waals surface area contributed by atoms with Crippen LogP contribution in [0.25, 0.3) is 0 Å². The van der Waals surface area contributed by atoms with Crippen molar-refractivity contribution in [3.63, 3.8) is 0 Å². The lowest BCUT2D eigenvalue weighted by Gasteiger charge is -2.24. The smallest absolute Gasteiger partial charge is 0.225 e. The first kappa shape index (κ1) is 12.4. The highest BCUT2D eigenvalue weighted by molar-refractivity contribution is 5.80. The quantitative estimate of drug-likeness (QED) is 0.749. The van der Waals surface area contributed by atoms with Gasteiger partial charge in [-0.25, -0.2) is 0 Å². The fourth-order valence-corrected chi connectivity index (χ4v) is 4.12. The summed E-state index contributed by atoms with van der Waals surface area (Å²) in [6.45, 7) is 0. The van der Waals surface area contributed by atoms with Crippen molar-refractivity contribution >= 4 is 5.91 Å². The molecule has 4 rings (SSSR count). The van der Waals surface area contributed by atoms with E-state index in [-0.39, 0.29) is 17.9 Å². The van der Waals surface area contributed by atoms with Gasteiger partial charge in [-0.1, -0.05) is 24.3 Å². The van der Waals surface area contributed by atoms with Crippen LogP contribution in [0.2, 0.25) is 0 Å². The summed E-state index contributed by atoms with van der Waals surface area (Å²) in [5.74, 6) is 0.180. The Morgan fingerprint density at radius 2 is 2.15 bits per heavy atom. The lowest BCUT2D eigenvalue weighted by atomic mass is 9.88. The van der Waals surface area contributed by atoms with Gasteiger partial charge in [0.05, 0.1) is 18.1 Å². The molecular weight excluding hydrogens is 252 g/mol. The maximum absolute atomic E-state index is 12.5. The van der Waals surface area contributed by atoms with Crippen LogP contribution < -0.4 is 10.6 Å². The van der Waals surface area contributed by atoms with E-state index in [0.717, 1.165) is 24.0 Å². The molecule has 3 N–H and O–H groups in total. The number of hydrogen-bond donors (Lipinski definition) is 3. The van der Waals surface area contributed by atoms with Crippen molar-refractivity contribution in [1.82, 2.24) is 10.6 Å². The monoisotopic (exact) mass is 272 g/mol. The van der Waals surface area contributed by atoms with E-state index >= 15 is 0 Å². The summed E-state index contributed by atoms with van der Waals surface area (Å²) >= 11 is 0. The van der Waals surface area contributed by atoms with Crippen molar-refractivity contribution in [3.8, 4) is 0 Å². The number of nitrogens with one attached hydrogen (secondary N) is 2. The standard InChI is InChI=1S/C16H20N2O2/c19-14-7-9-3-1-2-4-11(9)15(14)18-16(20)12-8-10-5-6-13(12)17-10/h1-4,10,12-15,17,19H,5-8H2,(H,18,20)/t10?,12?,13?,14-,15+/m0/s1. The predicted molar refractivity (Wildman–Crippen MR) is 75.1 cm³/mol. The Bertz CT molecular complexity index is 545. The second-order valence-electron chi connectivity index (χ2n) is 6.35. The van der Waals surface area contributed by atoms with Gasteiger partial charge in [-0.15, -0.1) is 0 Å². The van der Waals surface area contributed by atoms with Gasteiger partial charge in [-0.3, -0.25) is 4.79 Å². The highest BCUT2D eigenvalue weighted by Gasteiger charge is 2.44. The molecular formula is C16H20N2O2. The molecule has 1 amide bonds. The number of rotatable bonds is 2. The molecule has 3 unspecified atom stereocenters. The fourth-order valence-electron chi connectivity index (χ4n) is 4.12. The van der Waals surface area contributed by atoms with Crippen LogP contribution in [0.5, 0.6) is 0 Å². The van der Waals surface area contributed by atoms with Crippen molar-refractivity contribution < 1.29 is 9.90 Å². The average molecular weight is 272 g/mol. The summed E-state index contributed by atoms with van der Waals surface area (Å²) in [5, 5.41) is 16.8. The summed E-state index contributed by atoms with van der Waals surface area (Å²) in [5.41, 5.74) is 2.22. The van der Waals surface area contributed by atoms with E-state index < -0.39 is 6.10 Å². The van der Waals surface area contributed by atoms with Crippen LogP contribution >= 0.6 is 0 Å². The summed E-state index contributed by atoms with van der Waals surface area (Å²) in [4.78, 5) is 12.5. The van der Waals surface area contributed by atoms with E-state index in [9.17, 15) is 9.90 Å². The maximum Gasteiger partial charge on any atom is 0.225 e. The minimum absolute atomic E-state index is 0.0775. The molecule has 0 saturated carbocycles. The molecule has 0 spiro atoms. The van der Waals surface area contributed by atoms with Gasteiger partial charge < -0.3 is 15.7 Å². The molecule has 106 valence electrons. The molecule has 20 heavy (non-hydrogen) atoms. The molecule has 3 aliphatic rings.